The van der Waals surface area contributed by atoms with Gasteiger partial charge in [-0.2, -0.15) is 0 Å². The van der Waals surface area contributed by atoms with Gasteiger partial charge in [0, 0.05) is 18.1 Å². The van der Waals surface area contributed by atoms with Gasteiger partial charge >= 0.3 is 0 Å². The van der Waals surface area contributed by atoms with Crippen LogP contribution in [0.3, 0.4) is 0 Å². The molecule has 26 heavy (non-hydrogen) atoms. The van der Waals surface area contributed by atoms with Gasteiger partial charge in [0.05, 0.1) is 32.1 Å². The molecule has 0 saturated heterocycles. The summed E-state index contributed by atoms with van der Waals surface area (Å²) in [5.41, 5.74) is 7.16. The van der Waals surface area contributed by atoms with Gasteiger partial charge < -0.3 is 25.3 Å². The molecule has 2 aliphatic carbocycles. The molecule has 3 N–H and O–H groups in total. The molecule has 0 aliphatic heterocycles. The number of nitrogens with one attached hydrogen (secondary N) is 1. The van der Waals surface area contributed by atoms with Crippen molar-refractivity contribution in [2.45, 2.75) is 57.6 Å². The Hall–Kier alpha value is -1.95. The smallest absolute Gasteiger partial charge is 0.193 e. The zero-order valence-corrected chi connectivity index (χ0v) is 16.1. The van der Waals surface area contributed by atoms with E-state index in [1.807, 2.05) is 18.2 Å². The number of nitrogens with zero attached hydrogens (tertiary/aromatic N) is 1. The van der Waals surface area contributed by atoms with Gasteiger partial charge in [-0.15, -0.1) is 0 Å². The lowest BCUT2D eigenvalue weighted by Gasteiger charge is -2.55. The first-order valence-corrected chi connectivity index (χ1v) is 9.57. The average Bonchev–Trinajstić information content (AvgIpc) is 2.67. The minimum atomic E-state index is 0.166. The van der Waals surface area contributed by atoms with Crippen molar-refractivity contribution < 1.29 is 14.2 Å². The lowest BCUT2D eigenvalue weighted by Crippen LogP contribution is -2.58. The van der Waals surface area contributed by atoms with Crippen LogP contribution in [-0.2, 0) is 4.74 Å². The van der Waals surface area contributed by atoms with Gasteiger partial charge in [0.15, 0.2) is 5.96 Å². The highest BCUT2D eigenvalue weighted by atomic mass is 16.5. The molecular weight excluding hydrogens is 330 g/mol. The maximum Gasteiger partial charge on any atom is 0.193 e. The Bertz CT molecular complexity index is 641. The van der Waals surface area contributed by atoms with Gasteiger partial charge in [-0.25, -0.2) is 4.99 Å². The predicted molar refractivity (Wildman–Crippen MR) is 104 cm³/mol. The number of hydrogen-bond donors (Lipinski definition) is 2. The summed E-state index contributed by atoms with van der Waals surface area (Å²) in [4.78, 5) is 4.82. The van der Waals surface area contributed by atoms with E-state index in [0.29, 0.717) is 17.8 Å². The van der Waals surface area contributed by atoms with Crippen molar-refractivity contribution in [1.82, 2.24) is 0 Å². The van der Waals surface area contributed by atoms with Crippen molar-refractivity contribution in [2.75, 3.05) is 26.1 Å². The standard InChI is InChI=1S/C20H31N3O3/c1-4-26-18-13-17(20(18)10-6-5-7-11-20)23-19(21)22-15-12-14(24-2)8-9-16(15)25-3/h8-9,12,17-18H,4-7,10-11,13H2,1-3H3,(H3,21,22,23). The number of benzene rings is 1. The zero-order valence-electron chi connectivity index (χ0n) is 16.1. The summed E-state index contributed by atoms with van der Waals surface area (Å²) in [6.07, 6.45) is 7.46. The Morgan fingerprint density at radius 3 is 2.65 bits per heavy atom. The molecule has 1 aromatic rings. The third kappa shape index (κ3) is 3.61. The molecule has 0 bridgehead atoms. The number of methoxy groups -OCH3 is 2. The van der Waals surface area contributed by atoms with E-state index < -0.39 is 0 Å². The van der Waals surface area contributed by atoms with E-state index in [2.05, 4.69) is 12.2 Å². The Morgan fingerprint density at radius 1 is 1.23 bits per heavy atom. The minimum absolute atomic E-state index is 0.166. The monoisotopic (exact) mass is 361 g/mol. The van der Waals surface area contributed by atoms with E-state index in [-0.39, 0.29) is 11.5 Å². The number of anilines is 1. The Balaban J connectivity index is 1.75. The zero-order chi connectivity index (χ0) is 18.6. The van der Waals surface area contributed by atoms with E-state index in [0.717, 1.165) is 24.5 Å². The fraction of sp³-hybridized carbons (Fsp3) is 0.650. The Morgan fingerprint density at radius 2 is 2.00 bits per heavy atom. The summed E-state index contributed by atoms with van der Waals surface area (Å²) >= 11 is 0. The van der Waals surface area contributed by atoms with E-state index in [1.165, 1.54) is 32.1 Å². The van der Waals surface area contributed by atoms with Crippen LogP contribution in [-0.4, -0.2) is 38.9 Å². The summed E-state index contributed by atoms with van der Waals surface area (Å²) < 4.78 is 16.7. The third-order valence-corrected chi connectivity index (χ3v) is 5.86. The third-order valence-electron chi connectivity index (χ3n) is 5.86. The molecule has 6 heteroatoms. The van der Waals surface area contributed by atoms with Gasteiger partial charge in [-0.1, -0.05) is 19.3 Å². The molecule has 2 unspecified atom stereocenters. The van der Waals surface area contributed by atoms with E-state index in [1.54, 1.807) is 14.2 Å². The van der Waals surface area contributed by atoms with Crippen molar-refractivity contribution in [1.29, 1.82) is 0 Å². The first-order chi connectivity index (χ1) is 12.6. The van der Waals surface area contributed by atoms with Crippen LogP contribution in [0.1, 0.15) is 45.4 Å². The van der Waals surface area contributed by atoms with Crippen LogP contribution in [0, 0.1) is 5.41 Å². The van der Waals surface area contributed by atoms with E-state index in [9.17, 15) is 0 Å². The Kier molecular flexibility index (Phi) is 5.91. The number of nitrogens with two attached hydrogens (primary N) is 1. The van der Waals surface area contributed by atoms with Crippen molar-refractivity contribution >= 4 is 11.6 Å². The van der Waals surface area contributed by atoms with Crippen molar-refractivity contribution in [3.8, 4) is 11.5 Å². The normalized spacial score (nSPS) is 24.8. The minimum Gasteiger partial charge on any atom is -0.497 e. The Labute approximate surface area is 156 Å². The summed E-state index contributed by atoms with van der Waals surface area (Å²) in [6, 6.07) is 5.79. The molecule has 6 nitrogen and oxygen atoms in total. The maximum atomic E-state index is 6.24. The number of rotatable bonds is 6. The molecule has 0 radical (unpaired) electrons. The molecule has 0 amide bonds. The molecule has 2 saturated carbocycles. The highest BCUT2D eigenvalue weighted by molar-refractivity contribution is 5.94. The van der Waals surface area contributed by atoms with Crippen LogP contribution in [0.2, 0.25) is 0 Å². The van der Waals surface area contributed by atoms with Gasteiger partial charge in [0.25, 0.3) is 0 Å². The fourth-order valence-electron chi connectivity index (χ4n) is 4.46. The SMILES string of the molecule is CCOC1CC(N=C(N)Nc2cc(OC)ccc2OC)C12CCCCC2. The van der Waals surface area contributed by atoms with Crippen molar-refractivity contribution in [3.05, 3.63) is 18.2 Å². The average molecular weight is 361 g/mol. The lowest BCUT2D eigenvalue weighted by molar-refractivity contribution is -0.139. The molecule has 2 atom stereocenters. The van der Waals surface area contributed by atoms with Gasteiger partial charge in [0.2, 0.25) is 0 Å². The first kappa shape index (κ1) is 18.8. The van der Waals surface area contributed by atoms with Gasteiger partial charge in [-0.05, 0) is 38.3 Å². The highest BCUT2D eigenvalue weighted by Gasteiger charge is 2.55. The molecule has 2 aliphatic rings. The van der Waals surface area contributed by atoms with Crippen LogP contribution in [0.5, 0.6) is 11.5 Å². The number of guanidine groups is 1. The van der Waals surface area contributed by atoms with Crippen LogP contribution >= 0.6 is 0 Å². The molecule has 0 aromatic heterocycles. The fourth-order valence-corrected chi connectivity index (χ4v) is 4.46. The molecule has 1 spiro atoms. The maximum absolute atomic E-state index is 6.24. The van der Waals surface area contributed by atoms with E-state index >= 15 is 0 Å². The van der Waals surface area contributed by atoms with E-state index in [4.69, 9.17) is 24.9 Å². The second-order valence-electron chi connectivity index (χ2n) is 7.19. The summed E-state index contributed by atoms with van der Waals surface area (Å²) in [5.74, 6) is 1.86. The van der Waals surface area contributed by atoms with Crippen LogP contribution in [0.4, 0.5) is 5.69 Å². The summed E-state index contributed by atoms with van der Waals surface area (Å²) in [6.45, 7) is 2.83. The summed E-state index contributed by atoms with van der Waals surface area (Å²) in [7, 11) is 3.27. The van der Waals surface area contributed by atoms with Crippen LogP contribution in [0.25, 0.3) is 0 Å². The van der Waals surface area contributed by atoms with Crippen LogP contribution in [0.15, 0.2) is 23.2 Å². The quantitative estimate of drug-likeness (QED) is 0.598. The largest absolute Gasteiger partial charge is 0.497 e. The number of hydrogen-bond acceptors (Lipinski definition) is 4. The predicted octanol–water partition coefficient (Wildman–Crippen LogP) is 3.56. The molecule has 3 rings (SSSR count). The molecule has 0 heterocycles. The van der Waals surface area contributed by atoms with Crippen molar-refractivity contribution in [3.63, 3.8) is 0 Å². The number of ether oxygens (including phenoxy) is 3. The number of aliphatic imine (C=N–C) groups is 1. The van der Waals surface area contributed by atoms with Gasteiger partial charge in [-0.3, -0.25) is 0 Å². The van der Waals surface area contributed by atoms with Gasteiger partial charge in [0.1, 0.15) is 11.5 Å². The molecule has 2 fully saturated rings. The first-order valence-electron chi connectivity index (χ1n) is 9.57. The molecule has 144 valence electrons. The second kappa shape index (κ2) is 8.16. The highest BCUT2D eigenvalue weighted by Crippen LogP contribution is 2.54. The van der Waals surface area contributed by atoms with Crippen molar-refractivity contribution in [2.24, 2.45) is 16.1 Å². The topological polar surface area (TPSA) is 78.1 Å². The van der Waals surface area contributed by atoms with Crippen LogP contribution < -0.4 is 20.5 Å². The molecule has 1 aromatic carbocycles. The summed E-state index contributed by atoms with van der Waals surface area (Å²) in [5, 5.41) is 3.19. The molecular formula is C20H31N3O3. The lowest BCUT2D eigenvalue weighted by atomic mass is 9.55. The second-order valence-corrected chi connectivity index (χ2v) is 7.19.